The maximum absolute atomic E-state index is 12.5. The largest absolute Gasteiger partial charge is 0.377 e. The minimum absolute atomic E-state index is 0.162. The number of amides is 2. The SMILES string of the molecule is COC1(C)CCCN(C(=O)Nc2ccc(S(=O)(=O)NC(C)(C)C)cc2)C1. The highest BCUT2D eigenvalue weighted by molar-refractivity contribution is 7.89. The van der Waals surface area contributed by atoms with Crippen LogP contribution in [-0.4, -0.2) is 50.7 Å². The van der Waals surface area contributed by atoms with Crippen molar-refractivity contribution in [3.63, 3.8) is 0 Å². The molecule has 1 aliphatic heterocycles. The van der Waals surface area contributed by atoms with Gasteiger partial charge in [-0.25, -0.2) is 17.9 Å². The Morgan fingerprint density at radius 1 is 1.23 bits per heavy atom. The molecule has 0 bridgehead atoms. The van der Waals surface area contributed by atoms with Crippen LogP contribution in [0.1, 0.15) is 40.5 Å². The molecule has 0 aromatic heterocycles. The molecule has 0 aliphatic carbocycles. The highest BCUT2D eigenvalue weighted by Gasteiger charge is 2.33. The summed E-state index contributed by atoms with van der Waals surface area (Å²) in [4.78, 5) is 14.4. The molecule has 2 rings (SSSR count). The summed E-state index contributed by atoms with van der Waals surface area (Å²) in [5.74, 6) is 0. The van der Waals surface area contributed by atoms with Crippen LogP contribution in [-0.2, 0) is 14.8 Å². The van der Waals surface area contributed by atoms with Crippen molar-refractivity contribution >= 4 is 21.7 Å². The van der Waals surface area contributed by atoms with E-state index in [-0.39, 0.29) is 16.5 Å². The van der Waals surface area contributed by atoms with Crippen molar-refractivity contribution in [2.75, 3.05) is 25.5 Å². The number of carbonyl (C=O) groups is 1. The van der Waals surface area contributed by atoms with Crippen molar-refractivity contribution < 1.29 is 17.9 Å². The van der Waals surface area contributed by atoms with Crippen LogP contribution < -0.4 is 10.0 Å². The molecule has 0 spiro atoms. The molecule has 1 atom stereocenters. The Bertz CT molecular complexity index is 741. The van der Waals surface area contributed by atoms with E-state index in [1.807, 2.05) is 6.92 Å². The summed E-state index contributed by atoms with van der Waals surface area (Å²) >= 11 is 0. The molecule has 8 heteroatoms. The highest BCUT2D eigenvalue weighted by Crippen LogP contribution is 2.24. The Labute approximate surface area is 156 Å². The second-order valence-corrected chi connectivity index (χ2v) is 9.67. The van der Waals surface area contributed by atoms with Gasteiger partial charge in [0.25, 0.3) is 0 Å². The van der Waals surface area contributed by atoms with E-state index in [1.165, 1.54) is 12.1 Å². The second kappa shape index (κ2) is 7.54. The lowest BCUT2D eigenvalue weighted by Crippen LogP contribution is -2.50. The van der Waals surface area contributed by atoms with E-state index < -0.39 is 15.6 Å². The van der Waals surface area contributed by atoms with Crippen LogP contribution in [0.3, 0.4) is 0 Å². The number of nitrogens with one attached hydrogen (secondary N) is 2. The van der Waals surface area contributed by atoms with Gasteiger partial charge in [0.2, 0.25) is 10.0 Å². The van der Waals surface area contributed by atoms with E-state index >= 15 is 0 Å². The zero-order chi connectivity index (χ0) is 19.6. The van der Waals surface area contributed by atoms with Crippen molar-refractivity contribution in [1.29, 1.82) is 0 Å². The van der Waals surface area contributed by atoms with Crippen LogP contribution in [0.25, 0.3) is 0 Å². The molecule has 1 heterocycles. The first-order chi connectivity index (χ1) is 11.9. The summed E-state index contributed by atoms with van der Waals surface area (Å²) in [7, 11) is -1.93. The lowest BCUT2D eigenvalue weighted by atomic mass is 9.95. The maximum Gasteiger partial charge on any atom is 0.321 e. The highest BCUT2D eigenvalue weighted by atomic mass is 32.2. The molecule has 1 aromatic rings. The number of hydrogen-bond acceptors (Lipinski definition) is 4. The van der Waals surface area contributed by atoms with Crippen LogP contribution in [0, 0.1) is 0 Å². The van der Waals surface area contributed by atoms with E-state index in [2.05, 4.69) is 10.0 Å². The van der Waals surface area contributed by atoms with Crippen molar-refractivity contribution in [1.82, 2.24) is 9.62 Å². The minimum atomic E-state index is -3.59. The van der Waals surface area contributed by atoms with Gasteiger partial charge in [0, 0.05) is 24.9 Å². The standard InChI is InChI=1S/C18H29N3O4S/c1-17(2,3)20-26(23,24)15-9-7-14(8-10-15)19-16(22)21-12-6-11-18(4,13-21)25-5/h7-10,20H,6,11-13H2,1-5H3,(H,19,22). The number of ether oxygens (including phenoxy) is 1. The molecule has 2 N–H and O–H groups in total. The van der Waals surface area contributed by atoms with Gasteiger partial charge in [-0.05, 0) is 64.8 Å². The third kappa shape index (κ3) is 5.43. The molecule has 1 unspecified atom stereocenters. The smallest absolute Gasteiger partial charge is 0.321 e. The zero-order valence-electron chi connectivity index (χ0n) is 16.1. The van der Waals surface area contributed by atoms with Crippen LogP contribution in [0.2, 0.25) is 0 Å². The molecule has 0 saturated carbocycles. The van der Waals surface area contributed by atoms with E-state index in [4.69, 9.17) is 4.74 Å². The molecule has 1 aromatic carbocycles. The summed E-state index contributed by atoms with van der Waals surface area (Å²) in [6.07, 6.45) is 1.80. The zero-order valence-corrected chi connectivity index (χ0v) is 16.9. The van der Waals surface area contributed by atoms with Gasteiger partial charge in [0.1, 0.15) is 0 Å². The summed E-state index contributed by atoms with van der Waals surface area (Å²) in [6.45, 7) is 8.54. The first-order valence-corrected chi connectivity index (χ1v) is 10.2. The molecule has 1 saturated heterocycles. The lowest BCUT2D eigenvalue weighted by Gasteiger charge is -2.39. The Kier molecular flexibility index (Phi) is 5.99. The van der Waals surface area contributed by atoms with Crippen LogP contribution in [0.4, 0.5) is 10.5 Å². The third-order valence-corrected chi connectivity index (χ3v) is 6.07. The number of anilines is 1. The maximum atomic E-state index is 12.5. The molecule has 1 fully saturated rings. The van der Waals surface area contributed by atoms with Gasteiger partial charge in [-0.1, -0.05) is 0 Å². The van der Waals surface area contributed by atoms with Gasteiger partial charge in [-0.3, -0.25) is 0 Å². The van der Waals surface area contributed by atoms with Crippen LogP contribution in [0.5, 0.6) is 0 Å². The van der Waals surface area contributed by atoms with E-state index in [0.29, 0.717) is 18.8 Å². The predicted molar refractivity (Wildman–Crippen MR) is 102 cm³/mol. The van der Waals surface area contributed by atoms with Crippen molar-refractivity contribution in [3.8, 4) is 0 Å². The van der Waals surface area contributed by atoms with Crippen molar-refractivity contribution in [2.45, 2.75) is 56.6 Å². The van der Waals surface area contributed by atoms with Gasteiger partial charge in [0.05, 0.1) is 17.0 Å². The fraction of sp³-hybridized carbons (Fsp3) is 0.611. The van der Waals surface area contributed by atoms with E-state index in [0.717, 1.165) is 12.8 Å². The summed E-state index contributed by atoms with van der Waals surface area (Å²) in [5.41, 5.74) is -0.338. The number of benzene rings is 1. The molecule has 26 heavy (non-hydrogen) atoms. The lowest BCUT2D eigenvalue weighted by molar-refractivity contribution is -0.0389. The van der Waals surface area contributed by atoms with E-state index in [9.17, 15) is 13.2 Å². The summed E-state index contributed by atoms with van der Waals surface area (Å²) in [5, 5.41) is 2.82. The Morgan fingerprint density at radius 3 is 2.38 bits per heavy atom. The monoisotopic (exact) mass is 383 g/mol. The molecule has 2 amide bonds. The fourth-order valence-corrected chi connectivity index (χ4v) is 4.35. The minimum Gasteiger partial charge on any atom is -0.377 e. The number of rotatable bonds is 4. The molecular weight excluding hydrogens is 354 g/mol. The van der Waals surface area contributed by atoms with Crippen molar-refractivity contribution in [3.05, 3.63) is 24.3 Å². The van der Waals surface area contributed by atoms with Crippen LogP contribution >= 0.6 is 0 Å². The van der Waals surface area contributed by atoms with Gasteiger partial charge >= 0.3 is 6.03 Å². The summed E-state index contributed by atoms with van der Waals surface area (Å²) < 4.78 is 32.7. The molecular formula is C18H29N3O4S. The number of methoxy groups -OCH3 is 1. The number of likely N-dealkylation sites (tertiary alicyclic amines) is 1. The number of piperidine rings is 1. The first-order valence-electron chi connectivity index (χ1n) is 8.69. The van der Waals surface area contributed by atoms with Gasteiger partial charge in [-0.15, -0.1) is 0 Å². The average Bonchev–Trinajstić information content (AvgIpc) is 2.53. The molecule has 7 nitrogen and oxygen atoms in total. The normalized spacial score (nSPS) is 21.5. The quantitative estimate of drug-likeness (QED) is 0.837. The van der Waals surface area contributed by atoms with E-state index in [1.54, 1.807) is 44.9 Å². The predicted octanol–water partition coefficient (Wildman–Crippen LogP) is 2.80. The summed E-state index contributed by atoms with van der Waals surface area (Å²) in [6, 6.07) is 5.94. The number of nitrogens with zero attached hydrogens (tertiary/aromatic N) is 1. The number of urea groups is 1. The topological polar surface area (TPSA) is 87.7 Å². The third-order valence-electron chi connectivity index (χ3n) is 4.30. The van der Waals surface area contributed by atoms with Gasteiger partial charge in [-0.2, -0.15) is 0 Å². The Hall–Kier alpha value is -1.64. The molecule has 0 radical (unpaired) electrons. The number of hydrogen-bond donors (Lipinski definition) is 2. The molecule has 1 aliphatic rings. The van der Waals surface area contributed by atoms with Crippen LogP contribution in [0.15, 0.2) is 29.2 Å². The van der Waals surface area contributed by atoms with Gasteiger partial charge < -0.3 is 15.0 Å². The Morgan fingerprint density at radius 2 is 1.85 bits per heavy atom. The number of carbonyl (C=O) groups excluding carboxylic acids is 1. The number of sulfonamides is 1. The molecule has 146 valence electrons. The average molecular weight is 384 g/mol. The first kappa shape index (κ1) is 20.7. The fourth-order valence-electron chi connectivity index (χ4n) is 2.93. The van der Waals surface area contributed by atoms with Gasteiger partial charge in [0.15, 0.2) is 0 Å². The van der Waals surface area contributed by atoms with Crippen molar-refractivity contribution in [2.24, 2.45) is 0 Å². The second-order valence-electron chi connectivity index (χ2n) is 7.99. The Balaban J connectivity index is 2.04.